The summed E-state index contributed by atoms with van der Waals surface area (Å²) in [5, 5.41) is 6.42. The largest absolute Gasteiger partial charge is 0.366 e. The van der Waals surface area contributed by atoms with Crippen molar-refractivity contribution in [3.05, 3.63) is 130 Å². The van der Waals surface area contributed by atoms with Gasteiger partial charge in [0.1, 0.15) is 5.82 Å². The van der Waals surface area contributed by atoms with Crippen LogP contribution in [-0.4, -0.2) is 23.6 Å². The molecule has 4 aromatic carbocycles. The van der Waals surface area contributed by atoms with Crippen LogP contribution in [-0.2, 0) is 9.59 Å². The minimum Gasteiger partial charge on any atom is -0.366 e. The molecule has 0 aromatic heterocycles. The highest BCUT2D eigenvalue weighted by Gasteiger charge is 2.25. The number of hydrogen-bond donors (Lipinski definition) is 4. The van der Waals surface area contributed by atoms with Crippen LogP contribution in [0.4, 0.5) is 15.8 Å². The summed E-state index contributed by atoms with van der Waals surface area (Å²) in [4.78, 5) is 46.7. The van der Waals surface area contributed by atoms with Crippen molar-refractivity contribution in [2.75, 3.05) is 10.6 Å². The van der Waals surface area contributed by atoms with E-state index in [1.54, 1.807) is 48.5 Å². The normalized spacial score (nSPS) is 19.7. The van der Waals surface area contributed by atoms with Crippen LogP contribution in [0.2, 0.25) is 5.02 Å². The lowest BCUT2D eigenvalue weighted by molar-refractivity contribution is -0.118. The topological polar surface area (TPSA) is 144 Å². The van der Waals surface area contributed by atoms with Gasteiger partial charge in [0.2, 0.25) is 23.6 Å². The predicted molar refractivity (Wildman–Crippen MR) is 204 cm³/mol. The Morgan fingerprint density at radius 2 is 0.885 bits per heavy atom. The lowest BCUT2D eigenvalue weighted by Gasteiger charge is -2.28. The SMILES string of the molecule is NC(=O)c1ccc(C2CCC(CC(=O)Nc3ccc(Cl)cc3)CC2)cc1.NC(=O)c1ccc(C2CCC(CC(=O)Nc3ccc(F)cc3)CC2)cc1. The first-order valence-electron chi connectivity index (χ1n) is 17.9. The summed E-state index contributed by atoms with van der Waals surface area (Å²) in [7, 11) is 0. The van der Waals surface area contributed by atoms with Crippen LogP contribution < -0.4 is 22.1 Å². The average molecular weight is 725 g/mol. The van der Waals surface area contributed by atoms with E-state index in [2.05, 4.69) is 10.6 Å². The standard InChI is InChI=1S/C21H23ClN2O2.C21H23FN2O2/c2*22-18-9-11-19(12-10-18)24-20(25)13-14-1-3-15(4-2-14)16-5-7-17(8-6-16)21(23)26/h2*5-12,14-15H,1-4,13H2,(H2,23,26)(H,24,25). The van der Waals surface area contributed by atoms with Crippen LogP contribution >= 0.6 is 11.6 Å². The van der Waals surface area contributed by atoms with Gasteiger partial charge in [-0.05, 0) is 159 Å². The molecule has 2 fully saturated rings. The maximum Gasteiger partial charge on any atom is 0.248 e. The Kier molecular flexibility index (Phi) is 13.6. The van der Waals surface area contributed by atoms with Gasteiger partial charge in [-0.3, -0.25) is 19.2 Å². The second kappa shape index (κ2) is 18.5. The van der Waals surface area contributed by atoms with Crippen LogP contribution in [0.5, 0.6) is 0 Å². The molecule has 2 aliphatic rings. The van der Waals surface area contributed by atoms with Crippen molar-refractivity contribution in [3.8, 4) is 0 Å². The highest BCUT2D eigenvalue weighted by Crippen LogP contribution is 2.38. The Morgan fingerprint density at radius 1 is 0.538 bits per heavy atom. The molecule has 10 heteroatoms. The summed E-state index contributed by atoms with van der Waals surface area (Å²) in [6.45, 7) is 0. The number of rotatable bonds is 10. The number of carbonyl (C=O) groups excluding carboxylic acids is 4. The van der Waals surface area contributed by atoms with Gasteiger partial charge in [-0.15, -0.1) is 0 Å². The highest BCUT2D eigenvalue weighted by atomic mass is 35.5. The summed E-state index contributed by atoms with van der Waals surface area (Å²) < 4.78 is 12.9. The Bertz CT molecular complexity index is 1660. The lowest BCUT2D eigenvalue weighted by Crippen LogP contribution is -2.20. The predicted octanol–water partition coefficient (Wildman–Crippen LogP) is 8.97. The molecule has 0 bridgehead atoms. The van der Waals surface area contributed by atoms with Crippen molar-refractivity contribution < 1.29 is 23.6 Å². The molecule has 0 unspecified atom stereocenters. The highest BCUT2D eigenvalue weighted by molar-refractivity contribution is 6.30. The maximum atomic E-state index is 12.9. The van der Waals surface area contributed by atoms with E-state index in [1.807, 2.05) is 36.4 Å². The third kappa shape index (κ3) is 11.5. The molecule has 6 N–H and O–H groups in total. The fraction of sp³-hybridized carbons (Fsp3) is 0.333. The number of carbonyl (C=O) groups is 4. The van der Waals surface area contributed by atoms with Gasteiger partial charge < -0.3 is 22.1 Å². The zero-order chi connectivity index (χ0) is 37.0. The molecule has 272 valence electrons. The number of nitrogens with one attached hydrogen (secondary N) is 2. The zero-order valence-electron chi connectivity index (χ0n) is 29.2. The molecular formula is C42H46ClFN4O4. The molecule has 0 aliphatic heterocycles. The maximum absolute atomic E-state index is 12.9. The van der Waals surface area contributed by atoms with Gasteiger partial charge in [-0.25, -0.2) is 4.39 Å². The number of nitrogens with two attached hydrogens (primary N) is 2. The first kappa shape index (κ1) is 38.2. The fourth-order valence-electron chi connectivity index (χ4n) is 7.25. The van der Waals surface area contributed by atoms with E-state index >= 15 is 0 Å². The minimum atomic E-state index is -0.410. The van der Waals surface area contributed by atoms with E-state index in [1.165, 1.54) is 23.3 Å². The second-order valence-electron chi connectivity index (χ2n) is 13.9. The van der Waals surface area contributed by atoms with Gasteiger partial charge >= 0.3 is 0 Å². The molecule has 0 atom stereocenters. The Labute approximate surface area is 309 Å². The fourth-order valence-corrected chi connectivity index (χ4v) is 7.38. The van der Waals surface area contributed by atoms with Gasteiger partial charge in [0.25, 0.3) is 0 Å². The van der Waals surface area contributed by atoms with Crippen molar-refractivity contribution in [2.45, 2.75) is 76.0 Å². The molecule has 2 aliphatic carbocycles. The summed E-state index contributed by atoms with van der Waals surface area (Å²) >= 11 is 5.86. The van der Waals surface area contributed by atoms with Gasteiger partial charge in [0.05, 0.1) is 0 Å². The van der Waals surface area contributed by atoms with Crippen molar-refractivity contribution in [3.63, 3.8) is 0 Å². The molecule has 4 amide bonds. The third-order valence-corrected chi connectivity index (χ3v) is 10.5. The van der Waals surface area contributed by atoms with Crippen molar-refractivity contribution in [2.24, 2.45) is 23.3 Å². The summed E-state index contributed by atoms with van der Waals surface area (Å²) in [5.74, 6) is 0.665. The van der Waals surface area contributed by atoms with E-state index in [9.17, 15) is 23.6 Å². The summed E-state index contributed by atoms with van der Waals surface area (Å²) in [6, 6.07) is 28.1. The molecule has 0 radical (unpaired) electrons. The Hall–Kier alpha value is -5.02. The zero-order valence-corrected chi connectivity index (χ0v) is 29.9. The van der Waals surface area contributed by atoms with E-state index in [0.717, 1.165) is 57.1 Å². The van der Waals surface area contributed by atoms with Crippen LogP contribution in [0.25, 0.3) is 0 Å². The van der Waals surface area contributed by atoms with Gasteiger partial charge in [-0.1, -0.05) is 35.9 Å². The number of amides is 4. The molecule has 2 saturated carbocycles. The van der Waals surface area contributed by atoms with Crippen LogP contribution in [0.1, 0.15) is 108 Å². The van der Waals surface area contributed by atoms with Gasteiger partial charge in [0, 0.05) is 40.4 Å². The van der Waals surface area contributed by atoms with E-state index < -0.39 is 11.8 Å². The first-order valence-corrected chi connectivity index (χ1v) is 18.3. The lowest BCUT2D eigenvalue weighted by atomic mass is 9.77. The van der Waals surface area contributed by atoms with Crippen LogP contribution in [0.3, 0.4) is 0 Å². The molecule has 0 heterocycles. The molecule has 6 rings (SSSR count). The molecule has 0 spiro atoms. The Balaban J connectivity index is 0.000000201. The van der Waals surface area contributed by atoms with Crippen LogP contribution in [0.15, 0.2) is 97.1 Å². The average Bonchev–Trinajstić information content (AvgIpc) is 3.14. The molecule has 8 nitrogen and oxygen atoms in total. The third-order valence-electron chi connectivity index (χ3n) is 10.2. The van der Waals surface area contributed by atoms with E-state index in [-0.39, 0.29) is 17.6 Å². The number of hydrogen-bond acceptors (Lipinski definition) is 4. The second-order valence-corrected chi connectivity index (χ2v) is 14.4. The molecule has 4 aromatic rings. The quantitative estimate of drug-likeness (QED) is 0.129. The first-order chi connectivity index (χ1) is 25.0. The van der Waals surface area contributed by atoms with Crippen molar-refractivity contribution in [1.29, 1.82) is 0 Å². The van der Waals surface area contributed by atoms with Crippen LogP contribution in [0, 0.1) is 17.7 Å². The number of anilines is 2. The molecule has 0 saturated heterocycles. The number of primary amides is 2. The summed E-state index contributed by atoms with van der Waals surface area (Å²) in [6.07, 6.45) is 9.31. The Morgan fingerprint density at radius 3 is 1.23 bits per heavy atom. The summed E-state index contributed by atoms with van der Waals surface area (Å²) in [5.41, 5.74) is 15.5. The number of halogens is 2. The van der Waals surface area contributed by atoms with Gasteiger partial charge in [0.15, 0.2) is 0 Å². The van der Waals surface area contributed by atoms with Crippen molar-refractivity contribution in [1.82, 2.24) is 0 Å². The minimum absolute atomic E-state index is 0.0223. The van der Waals surface area contributed by atoms with Crippen molar-refractivity contribution >= 4 is 46.6 Å². The van der Waals surface area contributed by atoms with E-state index in [0.29, 0.717) is 58.4 Å². The molecule has 52 heavy (non-hydrogen) atoms. The monoisotopic (exact) mass is 724 g/mol. The number of benzene rings is 4. The van der Waals surface area contributed by atoms with E-state index in [4.69, 9.17) is 23.1 Å². The smallest absolute Gasteiger partial charge is 0.248 e. The van der Waals surface area contributed by atoms with Gasteiger partial charge in [-0.2, -0.15) is 0 Å². The molecular weight excluding hydrogens is 679 g/mol.